The SMILES string of the molecule is COc1cc(C)c(-c2nc(Cl)cs2)c(OC)c1. The molecule has 0 bridgehead atoms. The van der Waals surface area contributed by atoms with Crippen LogP contribution in [0.2, 0.25) is 5.15 Å². The number of halogens is 1. The zero-order valence-corrected chi connectivity index (χ0v) is 11.4. The van der Waals surface area contributed by atoms with Crippen LogP contribution in [0.1, 0.15) is 5.56 Å². The van der Waals surface area contributed by atoms with E-state index in [0.29, 0.717) is 5.15 Å². The molecule has 0 spiro atoms. The molecule has 0 unspecified atom stereocenters. The van der Waals surface area contributed by atoms with E-state index in [0.717, 1.165) is 27.6 Å². The van der Waals surface area contributed by atoms with Crippen LogP contribution < -0.4 is 9.47 Å². The Balaban J connectivity index is 2.60. The van der Waals surface area contributed by atoms with Crippen molar-refractivity contribution < 1.29 is 9.47 Å². The first-order valence-corrected chi connectivity index (χ1v) is 6.25. The molecule has 0 N–H and O–H groups in total. The van der Waals surface area contributed by atoms with Crippen molar-refractivity contribution in [1.29, 1.82) is 0 Å². The van der Waals surface area contributed by atoms with Gasteiger partial charge in [-0.1, -0.05) is 11.6 Å². The van der Waals surface area contributed by atoms with Gasteiger partial charge in [0.05, 0.1) is 19.8 Å². The van der Waals surface area contributed by atoms with Gasteiger partial charge in [-0.05, 0) is 18.6 Å². The minimum atomic E-state index is 0.502. The van der Waals surface area contributed by atoms with Gasteiger partial charge in [-0.15, -0.1) is 11.3 Å². The fraction of sp³-hybridized carbons (Fsp3) is 0.250. The molecule has 0 atom stereocenters. The molecule has 0 saturated carbocycles. The average molecular weight is 270 g/mol. The quantitative estimate of drug-likeness (QED) is 0.850. The molecule has 0 aliphatic carbocycles. The summed E-state index contributed by atoms with van der Waals surface area (Å²) in [6, 6.07) is 3.80. The van der Waals surface area contributed by atoms with Crippen LogP contribution in [0, 0.1) is 6.92 Å². The largest absolute Gasteiger partial charge is 0.497 e. The van der Waals surface area contributed by atoms with E-state index in [1.807, 2.05) is 19.1 Å². The number of hydrogen-bond donors (Lipinski definition) is 0. The van der Waals surface area contributed by atoms with Gasteiger partial charge in [0.2, 0.25) is 0 Å². The van der Waals surface area contributed by atoms with Crippen LogP contribution in [0.5, 0.6) is 11.5 Å². The molecule has 1 aromatic carbocycles. The molecule has 90 valence electrons. The maximum Gasteiger partial charge on any atom is 0.140 e. The van der Waals surface area contributed by atoms with Crippen LogP contribution in [0.4, 0.5) is 0 Å². The van der Waals surface area contributed by atoms with Gasteiger partial charge in [-0.25, -0.2) is 4.98 Å². The summed E-state index contributed by atoms with van der Waals surface area (Å²) < 4.78 is 10.6. The number of aryl methyl sites for hydroxylation is 1. The molecule has 0 amide bonds. The summed E-state index contributed by atoms with van der Waals surface area (Å²) >= 11 is 7.35. The van der Waals surface area contributed by atoms with Gasteiger partial charge in [0.1, 0.15) is 21.7 Å². The van der Waals surface area contributed by atoms with E-state index in [1.54, 1.807) is 19.6 Å². The van der Waals surface area contributed by atoms with Crippen molar-refractivity contribution >= 4 is 22.9 Å². The number of rotatable bonds is 3. The highest BCUT2D eigenvalue weighted by atomic mass is 35.5. The Hall–Kier alpha value is -1.26. The molecular formula is C12H12ClNO2S. The molecule has 0 fully saturated rings. The van der Waals surface area contributed by atoms with Crippen molar-refractivity contribution in [3.63, 3.8) is 0 Å². The molecule has 17 heavy (non-hydrogen) atoms. The van der Waals surface area contributed by atoms with E-state index in [-0.39, 0.29) is 0 Å². The van der Waals surface area contributed by atoms with Crippen LogP contribution in [-0.2, 0) is 0 Å². The van der Waals surface area contributed by atoms with E-state index < -0.39 is 0 Å². The first kappa shape index (κ1) is 12.2. The third kappa shape index (κ3) is 2.37. The fourth-order valence-electron chi connectivity index (χ4n) is 1.64. The Bertz CT molecular complexity index is 539. The topological polar surface area (TPSA) is 31.4 Å². The summed E-state index contributed by atoms with van der Waals surface area (Å²) in [7, 11) is 3.26. The van der Waals surface area contributed by atoms with Crippen molar-refractivity contribution in [2.75, 3.05) is 14.2 Å². The zero-order chi connectivity index (χ0) is 12.4. The van der Waals surface area contributed by atoms with Crippen molar-refractivity contribution in [3.8, 4) is 22.1 Å². The van der Waals surface area contributed by atoms with E-state index in [2.05, 4.69) is 4.98 Å². The third-order valence-electron chi connectivity index (χ3n) is 2.42. The van der Waals surface area contributed by atoms with Gasteiger partial charge >= 0.3 is 0 Å². The molecule has 5 heteroatoms. The number of ether oxygens (including phenoxy) is 2. The average Bonchev–Trinajstić information content (AvgIpc) is 2.74. The molecule has 0 aliphatic rings. The van der Waals surface area contributed by atoms with Gasteiger partial charge in [0.15, 0.2) is 0 Å². The molecule has 1 aromatic heterocycles. The maximum atomic E-state index is 5.85. The summed E-state index contributed by atoms with van der Waals surface area (Å²) in [6.07, 6.45) is 0. The first-order chi connectivity index (χ1) is 8.15. The van der Waals surface area contributed by atoms with E-state index in [1.165, 1.54) is 11.3 Å². The van der Waals surface area contributed by atoms with Gasteiger partial charge < -0.3 is 9.47 Å². The van der Waals surface area contributed by atoms with Crippen molar-refractivity contribution in [3.05, 3.63) is 28.2 Å². The molecule has 1 heterocycles. The molecule has 2 aromatic rings. The number of methoxy groups -OCH3 is 2. The third-order valence-corrected chi connectivity index (χ3v) is 3.60. The van der Waals surface area contributed by atoms with Gasteiger partial charge in [-0.3, -0.25) is 0 Å². The molecule has 0 radical (unpaired) electrons. The van der Waals surface area contributed by atoms with Gasteiger partial charge in [-0.2, -0.15) is 0 Å². The number of aromatic nitrogens is 1. The maximum absolute atomic E-state index is 5.85. The second kappa shape index (κ2) is 4.94. The van der Waals surface area contributed by atoms with E-state index in [9.17, 15) is 0 Å². The van der Waals surface area contributed by atoms with Gasteiger partial charge in [0, 0.05) is 11.4 Å². The van der Waals surface area contributed by atoms with E-state index >= 15 is 0 Å². The second-order valence-electron chi connectivity index (χ2n) is 3.50. The first-order valence-electron chi connectivity index (χ1n) is 4.99. The second-order valence-corrected chi connectivity index (χ2v) is 4.74. The van der Waals surface area contributed by atoms with Crippen LogP contribution in [0.25, 0.3) is 10.6 Å². The number of benzene rings is 1. The highest BCUT2D eigenvalue weighted by Crippen LogP contribution is 2.38. The van der Waals surface area contributed by atoms with Crippen LogP contribution in [-0.4, -0.2) is 19.2 Å². The molecular weight excluding hydrogens is 258 g/mol. The summed E-state index contributed by atoms with van der Waals surface area (Å²) in [6.45, 7) is 2.00. The lowest BCUT2D eigenvalue weighted by Gasteiger charge is -2.11. The van der Waals surface area contributed by atoms with Crippen LogP contribution in [0.3, 0.4) is 0 Å². The van der Waals surface area contributed by atoms with E-state index in [4.69, 9.17) is 21.1 Å². The lowest BCUT2D eigenvalue weighted by Crippen LogP contribution is -1.93. The normalized spacial score (nSPS) is 10.4. The predicted molar refractivity (Wildman–Crippen MR) is 70.4 cm³/mol. The monoisotopic (exact) mass is 269 g/mol. The van der Waals surface area contributed by atoms with Crippen molar-refractivity contribution in [1.82, 2.24) is 4.98 Å². The number of thiazole rings is 1. The minimum absolute atomic E-state index is 0.502. The van der Waals surface area contributed by atoms with Crippen LogP contribution in [0.15, 0.2) is 17.5 Å². The van der Waals surface area contributed by atoms with Crippen molar-refractivity contribution in [2.45, 2.75) is 6.92 Å². The lowest BCUT2D eigenvalue weighted by atomic mass is 10.1. The standard InChI is InChI=1S/C12H12ClNO2S/c1-7-4-8(15-2)5-9(16-3)11(7)12-14-10(13)6-17-12/h4-6H,1-3H3. The Morgan fingerprint density at radius 2 is 2.00 bits per heavy atom. The summed E-state index contributed by atoms with van der Waals surface area (Å²) in [5, 5.41) is 3.16. The van der Waals surface area contributed by atoms with Gasteiger partial charge in [0.25, 0.3) is 0 Å². The summed E-state index contributed by atoms with van der Waals surface area (Å²) in [5.74, 6) is 1.51. The summed E-state index contributed by atoms with van der Waals surface area (Å²) in [5.41, 5.74) is 2.01. The van der Waals surface area contributed by atoms with Crippen LogP contribution >= 0.6 is 22.9 Å². The fourth-order valence-corrected chi connectivity index (χ4v) is 2.71. The zero-order valence-electron chi connectivity index (χ0n) is 9.78. The molecule has 2 rings (SSSR count). The summed E-state index contributed by atoms with van der Waals surface area (Å²) in [4.78, 5) is 4.27. The Kier molecular flexibility index (Phi) is 3.54. The molecule has 3 nitrogen and oxygen atoms in total. The highest BCUT2D eigenvalue weighted by Gasteiger charge is 2.14. The Labute approximate surface area is 109 Å². The minimum Gasteiger partial charge on any atom is -0.497 e. The Morgan fingerprint density at radius 3 is 2.53 bits per heavy atom. The smallest absolute Gasteiger partial charge is 0.140 e. The number of nitrogens with zero attached hydrogens (tertiary/aromatic N) is 1. The molecule has 0 saturated heterocycles. The Morgan fingerprint density at radius 1 is 1.24 bits per heavy atom. The number of hydrogen-bond acceptors (Lipinski definition) is 4. The predicted octanol–water partition coefficient (Wildman–Crippen LogP) is 3.79. The highest BCUT2D eigenvalue weighted by molar-refractivity contribution is 7.13. The van der Waals surface area contributed by atoms with Crippen molar-refractivity contribution in [2.24, 2.45) is 0 Å². The molecule has 0 aliphatic heterocycles. The lowest BCUT2D eigenvalue weighted by molar-refractivity contribution is 0.395.